The Balaban J connectivity index is 1.75. The van der Waals surface area contributed by atoms with Crippen molar-refractivity contribution in [1.29, 1.82) is 0 Å². The SMILES string of the molecule is CN(C)[C@@H]1Cc2ncc(CC(=O)c3c(Cl)cccc3Cl)cc2N(S(=O)(=O)c2cccc(Cl)c2)C1. The fourth-order valence-electron chi connectivity index (χ4n) is 3.94. The van der Waals surface area contributed by atoms with Crippen LogP contribution >= 0.6 is 34.8 Å². The van der Waals surface area contributed by atoms with Gasteiger partial charge in [0.2, 0.25) is 0 Å². The quantitative estimate of drug-likeness (QED) is 0.406. The van der Waals surface area contributed by atoms with E-state index in [4.69, 9.17) is 34.8 Å². The third-order valence-corrected chi connectivity index (χ3v) is 8.44. The largest absolute Gasteiger partial charge is 0.304 e. The molecule has 0 saturated heterocycles. The van der Waals surface area contributed by atoms with E-state index in [-0.39, 0.29) is 45.3 Å². The van der Waals surface area contributed by atoms with Gasteiger partial charge in [0, 0.05) is 30.1 Å². The molecule has 178 valence electrons. The summed E-state index contributed by atoms with van der Waals surface area (Å²) in [5.74, 6) is -0.274. The Morgan fingerprint density at radius 3 is 2.41 bits per heavy atom. The molecule has 34 heavy (non-hydrogen) atoms. The monoisotopic (exact) mass is 537 g/mol. The first-order chi connectivity index (χ1) is 16.1. The molecule has 1 aliphatic heterocycles. The van der Waals surface area contributed by atoms with Crippen LogP contribution in [0.2, 0.25) is 15.1 Å². The molecule has 0 radical (unpaired) electrons. The Hall–Kier alpha value is -2.16. The fraction of sp³-hybridized carbons (Fsp3) is 0.250. The maximum atomic E-state index is 13.6. The molecule has 0 unspecified atom stereocenters. The topological polar surface area (TPSA) is 70.6 Å². The smallest absolute Gasteiger partial charge is 0.264 e. The zero-order valence-electron chi connectivity index (χ0n) is 18.5. The van der Waals surface area contributed by atoms with Crippen LogP contribution in [0.5, 0.6) is 0 Å². The Morgan fingerprint density at radius 2 is 1.76 bits per heavy atom. The number of nitrogens with zero attached hydrogens (tertiary/aromatic N) is 3. The summed E-state index contributed by atoms with van der Waals surface area (Å²) in [7, 11) is -0.114. The van der Waals surface area contributed by atoms with Gasteiger partial charge in [-0.3, -0.25) is 14.1 Å². The van der Waals surface area contributed by atoms with Crippen molar-refractivity contribution in [2.45, 2.75) is 23.8 Å². The number of pyridine rings is 1. The van der Waals surface area contributed by atoms with Gasteiger partial charge in [0.05, 0.1) is 38.4 Å². The first kappa shape index (κ1) is 24.9. The van der Waals surface area contributed by atoms with Gasteiger partial charge in [-0.05, 0) is 56.1 Å². The van der Waals surface area contributed by atoms with Crippen LogP contribution in [0.3, 0.4) is 0 Å². The summed E-state index contributed by atoms with van der Waals surface area (Å²) in [6.45, 7) is 0.240. The van der Waals surface area contributed by atoms with Crippen LogP contribution in [0, 0.1) is 0 Å². The summed E-state index contributed by atoms with van der Waals surface area (Å²) in [4.78, 5) is 19.6. The molecule has 3 aromatic rings. The van der Waals surface area contributed by atoms with Crippen molar-refractivity contribution in [2.75, 3.05) is 24.9 Å². The maximum absolute atomic E-state index is 13.6. The Kier molecular flexibility index (Phi) is 7.22. The van der Waals surface area contributed by atoms with Crippen LogP contribution in [0.4, 0.5) is 5.69 Å². The minimum absolute atomic E-state index is 0.0219. The van der Waals surface area contributed by atoms with Gasteiger partial charge in [-0.25, -0.2) is 8.42 Å². The molecule has 0 bridgehead atoms. The molecule has 1 aromatic heterocycles. The highest BCUT2D eigenvalue weighted by atomic mass is 35.5. The molecule has 6 nitrogen and oxygen atoms in total. The minimum atomic E-state index is -3.92. The summed E-state index contributed by atoms with van der Waals surface area (Å²) in [6, 6.07) is 12.7. The summed E-state index contributed by atoms with van der Waals surface area (Å²) < 4.78 is 28.6. The van der Waals surface area contributed by atoms with E-state index in [0.717, 1.165) is 0 Å². The van der Waals surface area contributed by atoms with Crippen molar-refractivity contribution in [3.05, 3.63) is 86.6 Å². The second kappa shape index (κ2) is 9.84. The van der Waals surface area contributed by atoms with Gasteiger partial charge < -0.3 is 4.90 Å². The number of Topliss-reactive ketones (excluding diaryl/α,β-unsaturated/α-hetero) is 1. The number of ketones is 1. The zero-order chi connectivity index (χ0) is 24.6. The van der Waals surface area contributed by atoms with Gasteiger partial charge in [-0.2, -0.15) is 0 Å². The predicted octanol–water partition coefficient (Wildman–Crippen LogP) is 5.15. The van der Waals surface area contributed by atoms with E-state index in [1.165, 1.54) is 16.4 Å². The lowest BCUT2D eigenvalue weighted by Gasteiger charge is -2.37. The number of carbonyl (C=O) groups is 1. The van der Waals surface area contributed by atoms with Crippen LogP contribution < -0.4 is 4.31 Å². The molecule has 0 saturated carbocycles. The number of likely N-dealkylation sites (N-methyl/N-ethyl adjacent to an activating group) is 1. The molecule has 1 atom stereocenters. The van der Waals surface area contributed by atoms with Gasteiger partial charge >= 0.3 is 0 Å². The molecule has 0 amide bonds. The Labute approximate surface area is 214 Å². The van der Waals surface area contributed by atoms with Crippen molar-refractivity contribution in [3.63, 3.8) is 0 Å². The predicted molar refractivity (Wildman–Crippen MR) is 136 cm³/mol. The van der Waals surface area contributed by atoms with Crippen LogP contribution in [-0.2, 0) is 22.9 Å². The van der Waals surface area contributed by atoms with E-state index in [2.05, 4.69) is 4.98 Å². The van der Waals surface area contributed by atoms with E-state index < -0.39 is 10.0 Å². The highest BCUT2D eigenvalue weighted by molar-refractivity contribution is 7.92. The van der Waals surface area contributed by atoms with E-state index in [1.807, 2.05) is 19.0 Å². The van der Waals surface area contributed by atoms with E-state index >= 15 is 0 Å². The highest BCUT2D eigenvalue weighted by Crippen LogP contribution is 2.34. The molecular formula is C24H22Cl3N3O3S. The number of rotatable bonds is 6. The molecular weight excluding hydrogens is 517 g/mol. The van der Waals surface area contributed by atoms with Gasteiger partial charge in [-0.1, -0.05) is 46.9 Å². The average molecular weight is 539 g/mol. The third kappa shape index (κ3) is 4.95. The van der Waals surface area contributed by atoms with E-state index in [1.54, 1.807) is 42.6 Å². The van der Waals surface area contributed by atoms with Crippen LogP contribution in [0.1, 0.15) is 21.6 Å². The number of hydrogen-bond donors (Lipinski definition) is 0. The molecule has 0 spiro atoms. The number of fused-ring (bicyclic) bond motifs is 1. The summed E-state index contributed by atoms with van der Waals surface area (Å²) in [5, 5.41) is 0.862. The Morgan fingerprint density at radius 1 is 1.09 bits per heavy atom. The summed E-state index contributed by atoms with van der Waals surface area (Å²) >= 11 is 18.5. The van der Waals surface area contributed by atoms with Crippen LogP contribution in [0.25, 0.3) is 0 Å². The second-order valence-electron chi connectivity index (χ2n) is 8.32. The fourth-order valence-corrected chi connectivity index (χ4v) is 6.37. The molecule has 0 fully saturated rings. The number of aromatic nitrogens is 1. The normalized spacial score (nSPS) is 15.9. The molecule has 0 N–H and O–H groups in total. The number of carbonyl (C=O) groups excluding carboxylic acids is 1. The highest BCUT2D eigenvalue weighted by Gasteiger charge is 2.35. The first-order valence-corrected chi connectivity index (χ1v) is 13.0. The molecule has 2 aromatic carbocycles. The standard InChI is InChI=1S/C24H22Cl3N3O3S/c1-29(2)17-12-21-22(30(14-17)34(32,33)18-6-3-5-16(25)11-18)9-15(13-28-21)10-23(31)24-19(26)7-4-8-20(24)27/h3-9,11,13,17H,10,12,14H2,1-2H3/t17-/m1/s1. The van der Waals surface area contributed by atoms with E-state index in [9.17, 15) is 13.2 Å². The van der Waals surface area contributed by atoms with Crippen molar-refractivity contribution >= 4 is 56.3 Å². The third-order valence-electron chi connectivity index (χ3n) is 5.80. The lowest BCUT2D eigenvalue weighted by molar-refractivity contribution is 0.0993. The van der Waals surface area contributed by atoms with Crippen molar-refractivity contribution in [1.82, 2.24) is 9.88 Å². The second-order valence-corrected chi connectivity index (χ2v) is 11.4. The zero-order valence-corrected chi connectivity index (χ0v) is 21.6. The lowest BCUT2D eigenvalue weighted by atomic mass is 10.00. The number of anilines is 1. The lowest BCUT2D eigenvalue weighted by Crippen LogP contribution is -2.48. The number of benzene rings is 2. The summed E-state index contributed by atoms with van der Waals surface area (Å²) in [6.07, 6.45) is 2.16. The van der Waals surface area contributed by atoms with Crippen LogP contribution in [0.15, 0.2) is 59.6 Å². The van der Waals surface area contributed by atoms with Crippen LogP contribution in [-0.4, -0.2) is 50.8 Å². The first-order valence-electron chi connectivity index (χ1n) is 10.5. The number of halogens is 3. The van der Waals surface area contributed by atoms with Crippen molar-refractivity contribution in [3.8, 4) is 0 Å². The number of hydrogen-bond acceptors (Lipinski definition) is 5. The molecule has 1 aliphatic rings. The molecule has 10 heteroatoms. The number of sulfonamides is 1. The van der Waals surface area contributed by atoms with Gasteiger partial charge in [0.1, 0.15) is 0 Å². The van der Waals surface area contributed by atoms with Crippen molar-refractivity contribution in [2.24, 2.45) is 0 Å². The Bertz CT molecular complexity index is 1340. The molecule has 0 aliphatic carbocycles. The van der Waals surface area contributed by atoms with Gasteiger partial charge in [0.25, 0.3) is 10.0 Å². The average Bonchev–Trinajstić information content (AvgIpc) is 2.78. The maximum Gasteiger partial charge on any atom is 0.264 e. The van der Waals surface area contributed by atoms with Gasteiger partial charge in [0.15, 0.2) is 5.78 Å². The molecule has 2 heterocycles. The summed E-state index contributed by atoms with van der Waals surface area (Å²) in [5.41, 5.74) is 1.89. The van der Waals surface area contributed by atoms with Crippen molar-refractivity contribution < 1.29 is 13.2 Å². The van der Waals surface area contributed by atoms with Gasteiger partial charge in [-0.15, -0.1) is 0 Å². The van der Waals surface area contributed by atoms with E-state index in [0.29, 0.717) is 28.4 Å². The minimum Gasteiger partial charge on any atom is -0.304 e. The molecule has 4 rings (SSSR count).